The van der Waals surface area contributed by atoms with Crippen molar-refractivity contribution in [3.63, 3.8) is 0 Å². The van der Waals surface area contributed by atoms with Crippen LogP contribution in [-0.2, 0) is 20.8 Å². The van der Waals surface area contributed by atoms with Gasteiger partial charge in [-0.15, -0.1) is 11.8 Å². The molecule has 1 aromatic carbocycles. The van der Waals surface area contributed by atoms with Gasteiger partial charge < -0.3 is 14.7 Å². The van der Waals surface area contributed by atoms with Crippen LogP contribution in [0, 0.1) is 11.7 Å². The maximum Gasteiger partial charge on any atom is 0.294 e. The number of hydrogen-bond acceptors (Lipinski definition) is 5. The highest BCUT2D eigenvalue weighted by atomic mass is 35.5. The lowest BCUT2D eigenvalue weighted by Gasteiger charge is -2.34. The molecule has 0 bridgehead atoms. The first kappa shape index (κ1) is 26.5. The van der Waals surface area contributed by atoms with Crippen LogP contribution in [-0.4, -0.2) is 77.7 Å². The van der Waals surface area contributed by atoms with Crippen LogP contribution in [0.15, 0.2) is 58.3 Å². The number of amides is 2. The molecule has 1 atom stereocenters. The van der Waals surface area contributed by atoms with Crippen LogP contribution < -0.4 is 0 Å². The standard InChI is InChI=1S/C27H31ClFN3O3S/c1-30(2)27(35)25(33)22-15-32(16-36-3)24-14-23(28)21(13-20(22)24)26(34)31-10-8-18(9-11-31)12-17-4-6-19(29)7-5-17/h4-7,13,15,18,24H,8-12,14,16H2,1-3H3. The summed E-state index contributed by atoms with van der Waals surface area (Å²) in [6.07, 6.45) is 8.41. The number of Topliss-reactive ketones (excluding diaryl/α,β-unsaturated/α-hetero) is 1. The zero-order valence-electron chi connectivity index (χ0n) is 20.8. The minimum atomic E-state index is -0.594. The van der Waals surface area contributed by atoms with Gasteiger partial charge in [0.25, 0.3) is 17.6 Å². The summed E-state index contributed by atoms with van der Waals surface area (Å²) in [5.74, 6) is -0.477. The summed E-state index contributed by atoms with van der Waals surface area (Å²) in [7, 11) is 3.10. The van der Waals surface area contributed by atoms with Crippen molar-refractivity contribution in [3.05, 3.63) is 69.7 Å². The fourth-order valence-electron chi connectivity index (χ4n) is 5.03. The van der Waals surface area contributed by atoms with Crippen LogP contribution in [0.25, 0.3) is 0 Å². The molecule has 1 unspecified atom stereocenters. The Morgan fingerprint density at radius 2 is 1.81 bits per heavy atom. The van der Waals surface area contributed by atoms with Gasteiger partial charge in [0.05, 0.1) is 17.5 Å². The topological polar surface area (TPSA) is 60.9 Å². The van der Waals surface area contributed by atoms with Crippen molar-refractivity contribution in [2.75, 3.05) is 39.3 Å². The predicted octanol–water partition coefficient (Wildman–Crippen LogP) is 3.98. The average molecular weight is 532 g/mol. The smallest absolute Gasteiger partial charge is 0.294 e. The lowest BCUT2D eigenvalue weighted by molar-refractivity contribution is -0.140. The lowest BCUT2D eigenvalue weighted by atomic mass is 9.87. The van der Waals surface area contributed by atoms with Gasteiger partial charge in [-0.2, -0.15) is 0 Å². The van der Waals surface area contributed by atoms with Crippen molar-refractivity contribution in [3.8, 4) is 0 Å². The predicted molar refractivity (Wildman–Crippen MR) is 141 cm³/mol. The Labute approximate surface area is 220 Å². The molecule has 36 heavy (non-hydrogen) atoms. The van der Waals surface area contributed by atoms with Crippen LogP contribution in [0.1, 0.15) is 24.8 Å². The molecule has 1 saturated heterocycles. The third kappa shape index (κ3) is 5.54. The summed E-state index contributed by atoms with van der Waals surface area (Å²) in [6, 6.07) is 6.43. The van der Waals surface area contributed by atoms with Crippen molar-refractivity contribution in [2.24, 2.45) is 5.92 Å². The van der Waals surface area contributed by atoms with Crippen molar-refractivity contribution >= 4 is 41.0 Å². The SMILES string of the molecule is CSCN1C=C(C(=O)C(=O)N(C)C)C2=CC(C(=O)N3CCC(Cc4ccc(F)cc4)CC3)=C(Cl)CC21. The molecular formula is C27H31ClFN3O3S. The summed E-state index contributed by atoms with van der Waals surface area (Å²) in [5, 5.41) is 0.481. The van der Waals surface area contributed by atoms with Crippen LogP contribution in [0.4, 0.5) is 4.39 Å². The van der Waals surface area contributed by atoms with Crippen molar-refractivity contribution in [1.82, 2.24) is 14.7 Å². The number of hydrogen-bond donors (Lipinski definition) is 0. The number of fused-ring (bicyclic) bond motifs is 1. The van der Waals surface area contributed by atoms with Gasteiger partial charge >= 0.3 is 0 Å². The zero-order valence-corrected chi connectivity index (χ0v) is 22.4. The number of halogens is 2. The van der Waals surface area contributed by atoms with Crippen LogP contribution in [0.5, 0.6) is 0 Å². The van der Waals surface area contributed by atoms with E-state index in [0.717, 1.165) is 24.8 Å². The quantitative estimate of drug-likeness (QED) is 0.498. The van der Waals surface area contributed by atoms with Crippen LogP contribution in [0.2, 0.25) is 0 Å². The third-order valence-electron chi connectivity index (χ3n) is 7.02. The number of likely N-dealkylation sites (N-methyl/N-ethyl adjacent to an activating group) is 1. The molecule has 4 rings (SSSR count). The first-order valence-corrected chi connectivity index (χ1v) is 13.8. The monoisotopic (exact) mass is 531 g/mol. The summed E-state index contributed by atoms with van der Waals surface area (Å²) in [5.41, 5.74) is 2.52. The molecule has 1 fully saturated rings. The fourth-order valence-corrected chi connectivity index (χ4v) is 5.86. The molecule has 0 saturated carbocycles. The number of thioether (sulfide) groups is 1. The number of rotatable bonds is 7. The molecule has 0 spiro atoms. The van der Waals surface area contributed by atoms with Gasteiger partial charge in [-0.1, -0.05) is 23.7 Å². The van der Waals surface area contributed by atoms with E-state index in [9.17, 15) is 18.8 Å². The van der Waals surface area contributed by atoms with Gasteiger partial charge in [0.1, 0.15) is 5.82 Å². The highest BCUT2D eigenvalue weighted by Crippen LogP contribution is 2.40. The van der Waals surface area contributed by atoms with E-state index in [4.69, 9.17) is 11.6 Å². The van der Waals surface area contributed by atoms with Gasteiger partial charge in [0.15, 0.2) is 0 Å². The second-order valence-electron chi connectivity index (χ2n) is 9.71. The first-order chi connectivity index (χ1) is 17.2. The molecule has 0 aromatic heterocycles. The molecule has 2 aliphatic heterocycles. The molecule has 2 heterocycles. The molecule has 9 heteroatoms. The highest BCUT2D eigenvalue weighted by Gasteiger charge is 2.40. The lowest BCUT2D eigenvalue weighted by Crippen LogP contribution is -2.40. The minimum absolute atomic E-state index is 0.139. The number of nitrogens with zero attached hydrogens (tertiary/aromatic N) is 3. The second kappa shape index (κ2) is 11.2. The van der Waals surface area contributed by atoms with E-state index in [0.29, 0.717) is 53.1 Å². The summed E-state index contributed by atoms with van der Waals surface area (Å²) < 4.78 is 13.2. The van der Waals surface area contributed by atoms with Gasteiger partial charge in [-0.3, -0.25) is 14.4 Å². The van der Waals surface area contributed by atoms with E-state index in [1.165, 1.54) is 17.0 Å². The molecule has 1 aliphatic carbocycles. The Morgan fingerprint density at radius 1 is 1.14 bits per heavy atom. The average Bonchev–Trinajstić information content (AvgIpc) is 3.21. The number of benzene rings is 1. The van der Waals surface area contributed by atoms with E-state index >= 15 is 0 Å². The summed E-state index contributed by atoms with van der Waals surface area (Å²) in [6.45, 7) is 1.23. The maximum absolute atomic E-state index is 13.5. The minimum Gasteiger partial charge on any atom is -0.360 e. The van der Waals surface area contributed by atoms with E-state index in [-0.39, 0.29) is 17.8 Å². The van der Waals surface area contributed by atoms with E-state index in [1.807, 2.05) is 28.2 Å². The number of piperidine rings is 1. The number of likely N-dealkylation sites (tertiary alicyclic amines) is 1. The maximum atomic E-state index is 13.5. The Bertz CT molecular complexity index is 1140. The third-order valence-corrected chi connectivity index (χ3v) is 7.94. The second-order valence-corrected chi connectivity index (χ2v) is 11.0. The van der Waals surface area contributed by atoms with E-state index < -0.39 is 11.7 Å². The zero-order chi connectivity index (χ0) is 26.0. The van der Waals surface area contributed by atoms with Gasteiger partial charge in [-0.05, 0) is 60.8 Å². The Balaban J connectivity index is 1.48. The summed E-state index contributed by atoms with van der Waals surface area (Å²) >= 11 is 8.27. The number of carbonyl (C=O) groups is 3. The fraction of sp³-hybridized carbons (Fsp3) is 0.444. The highest BCUT2D eigenvalue weighted by molar-refractivity contribution is 7.98. The number of ketones is 1. The molecule has 0 radical (unpaired) electrons. The largest absolute Gasteiger partial charge is 0.360 e. The van der Waals surface area contributed by atoms with Gasteiger partial charge in [-0.25, -0.2) is 4.39 Å². The van der Waals surface area contributed by atoms with Crippen molar-refractivity contribution in [1.29, 1.82) is 0 Å². The summed E-state index contributed by atoms with van der Waals surface area (Å²) in [4.78, 5) is 44.0. The molecule has 3 aliphatic rings. The normalized spacial score (nSPS) is 20.2. The Morgan fingerprint density at radius 3 is 2.42 bits per heavy atom. The number of carbonyl (C=O) groups excluding carboxylic acids is 3. The van der Waals surface area contributed by atoms with E-state index in [2.05, 4.69) is 0 Å². The van der Waals surface area contributed by atoms with Crippen LogP contribution in [0.3, 0.4) is 0 Å². The molecule has 0 N–H and O–H groups in total. The van der Waals surface area contributed by atoms with Crippen molar-refractivity contribution < 1.29 is 18.8 Å². The van der Waals surface area contributed by atoms with E-state index in [1.54, 1.807) is 38.1 Å². The van der Waals surface area contributed by atoms with Gasteiger partial charge in [0.2, 0.25) is 0 Å². The molecule has 192 valence electrons. The van der Waals surface area contributed by atoms with Gasteiger partial charge in [0, 0.05) is 50.4 Å². The molecule has 1 aromatic rings. The molecule has 2 amide bonds. The first-order valence-electron chi connectivity index (χ1n) is 12.1. The van der Waals surface area contributed by atoms with Crippen molar-refractivity contribution in [2.45, 2.75) is 31.7 Å². The Kier molecular flexibility index (Phi) is 8.25. The van der Waals surface area contributed by atoms with Crippen LogP contribution >= 0.6 is 23.4 Å². The Hall–Kier alpha value is -2.58. The molecule has 6 nitrogen and oxygen atoms in total. The molecular weight excluding hydrogens is 501 g/mol.